The van der Waals surface area contributed by atoms with Gasteiger partial charge in [-0.05, 0) is 86.1 Å². The van der Waals surface area contributed by atoms with Crippen LogP contribution in [0.15, 0.2) is 186 Å². The van der Waals surface area contributed by atoms with Gasteiger partial charge in [-0.15, -0.1) is 0 Å². The summed E-state index contributed by atoms with van der Waals surface area (Å²) in [4.78, 5) is 10.7. The standard InChI is InChI=1S/C53H36N2O/c1-53(2)45-23-10-8-19-43(45)50-44(22-13-24-46(50)53)48-32-47(54-52(55-48)34-15-4-3-5-16-34)39-30-37(36-27-26-33-14-6-7-17-35(33)28-36)29-38(31-39)40-20-12-21-42-41-18-9-11-25-49(41)56-51(40)42/h3-32H,1-2H3. The summed E-state index contributed by atoms with van der Waals surface area (Å²) in [5.74, 6) is 0.693. The van der Waals surface area contributed by atoms with Gasteiger partial charge in [0.1, 0.15) is 11.2 Å². The molecule has 1 aliphatic rings. The maximum absolute atomic E-state index is 6.60. The Balaban J connectivity index is 1.18. The molecule has 0 amide bonds. The van der Waals surface area contributed by atoms with Gasteiger partial charge >= 0.3 is 0 Å². The van der Waals surface area contributed by atoms with Crippen molar-refractivity contribution >= 4 is 32.7 Å². The Hall–Kier alpha value is -7.10. The van der Waals surface area contributed by atoms with Gasteiger partial charge in [-0.2, -0.15) is 0 Å². The van der Waals surface area contributed by atoms with E-state index < -0.39 is 0 Å². The molecule has 0 N–H and O–H groups in total. The first kappa shape index (κ1) is 32.3. The topological polar surface area (TPSA) is 38.9 Å². The van der Waals surface area contributed by atoms with Crippen molar-refractivity contribution in [1.82, 2.24) is 9.97 Å². The summed E-state index contributed by atoms with van der Waals surface area (Å²) in [5.41, 5.74) is 16.0. The van der Waals surface area contributed by atoms with Crippen molar-refractivity contribution in [3.05, 3.63) is 193 Å². The van der Waals surface area contributed by atoms with Gasteiger partial charge in [-0.1, -0.05) is 159 Å². The van der Waals surface area contributed by atoms with Crippen molar-refractivity contribution in [2.24, 2.45) is 0 Å². The Morgan fingerprint density at radius 2 is 1.07 bits per heavy atom. The van der Waals surface area contributed by atoms with Crippen LogP contribution >= 0.6 is 0 Å². The largest absolute Gasteiger partial charge is 0.455 e. The van der Waals surface area contributed by atoms with E-state index in [9.17, 15) is 0 Å². The van der Waals surface area contributed by atoms with Crippen LogP contribution in [0.1, 0.15) is 25.0 Å². The Morgan fingerprint density at radius 1 is 0.411 bits per heavy atom. The lowest BCUT2D eigenvalue weighted by molar-refractivity contribution is 0.660. The zero-order chi connectivity index (χ0) is 37.4. The second kappa shape index (κ2) is 12.5. The molecule has 3 nitrogen and oxygen atoms in total. The molecule has 0 bridgehead atoms. The minimum atomic E-state index is -0.124. The molecular formula is C53H36N2O. The average Bonchev–Trinajstić information content (AvgIpc) is 3.75. The summed E-state index contributed by atoms with van der Waals surface area (Å²) in [5, 5.41) is 4.64. The summed E-state index contributed by atoms with van der Waals surface area (Å²) in [7, 11) is 0. The molecule has 1 aliphatic carbocycles. The van der Waals surface area contributed by atoms with Gasteiger partial charge in [-0.25, -0.2) is 9.97 Å². The number of aromatic nitrogens is 2. The zero-order valence-corrected chi connectivity index (χ0v) is 31.1. The molecule has 0 atom stereocenters. The first-order valence-electron chi connectivity index (χ1n) is 19.2. The molecule has 0 saturated heterocycles. The zero-order valence-electron chi connectivity index (χ0n) is 31.1. The van der Waals surface area contributed by atoms with E-state index in [4.69, 9.17) is 14.4 Å². The lowest BCUT2D eigenvalue weighted by Gasteiger charge is -2.21. The summed E-state index contributed by atoms with van der Waals surface area (Å²) < 4.78 is 6.60. The van der Waals surface area contributed by atoms with E-state index >= 15 is 0 Å². The van der Waals surface area contributed by atoms with Crippen molar-refractivity contribution in [2.75, 3.05) is 0 Å². The predicted octanol–water partition coefficient (Wildman–Crippen LogP) is 14.2. The normalized spacial score (nSPS) is 13.0. The molecule has 0 aliphatic heterocycles. The first-order chi connectivity index (χ1) is 27.5. The smallest absolute Gasteiger partial charge is 0.160 e. The quantitative estimate of drug-likeness (QED) is 0.178. The minimum Gasteiger partial charge on any atom is -0.455 e. The number of hydrogen-bond acceptors (Lipinski definition) is 3. The number of rotatable bonds is 5. The molecule has 0 spiro atoms. The summed E-state index contributed by atoms with van der Waals surface area (Å²) in [6.45, 7) is 4.65. The summed E-state index contributed by atoms with van der Waals surface area (Å²) in [6.07, 6.45) is 0. The minimum absolute atomic E-state index is 0.124. The average molecular weight is 717 g/mol. The van der Waals surface area contributed by atoms with Crippen LogP contribution in [-0.2, 0) is 5.41 Å². The molecule has 10 aromatic rings. The van der Waals surface area contributed by atoms with Crippen LogP contribution in [0.5, 0.6) is 0 Å². The van der Waals surface area contributed by atoms with Crippen LogP contribution in [0.2, 0.25) is 0 Å². The van der Waals surface area contributed by atoms with E-state index in [1.54, 1.807) is 0 Å². The number of para-hydroxylation sites is 2. The Bertz CT molecular complexity index is 3170. The fourth-order valence-electron chi connectivity index (χ4n) is 8.86. The summed E-state index contributed by atoms with van der Waals surface area (Å²) >= 11 is 0. The van der Waals surface area contributed by atoms with Gasteiger partial charge < -0.3 is 4.42 Å². The Morgan fingerprint density at radius 3 is 1.98 bits per heavy atom. The second-order valence-corrected chi connectivity index (χ2v) is 15.4. The van der Waals surface area contributed by atoms with Gasteiger partial charge in [-0.3, -0.25) is 0 Å². The van der Waals surface area contributed by atoms with Gasteiger partial charge in [0.25, 0.3) is 0 Å². The molecule has 0 unspecified atom stereocenters. The molecule has 3 heteroatoms. The lowest BCUT2D eigenvalue weighted by Crippen LogP contribution is -2.14. The van der Waals surface area contributed by atoms with Crippen molar-refractivity contribution in [3.8, 4) is 67.3 Å². The van der Waals surface area contributed by atoms with Crippen molar-refractivity contribution in [1.29, 1.82) is 0 Å². The third kappa shape index (κ3) is 5.12. The van der Waals surface area contributed by atoms with Crippen LogP contribution in [0, 0.1) is 0 Å². The monoisotopic (exact) mass is 716 g/mol. The second-order valence-electron chi connectivity index (χ2n) is 15.4. The van der Waals surface area contributed by atoms with Gasteiger partial charge in [0.05, 0.1) is 11.4 Å². The highest BCUT2D eigenvalue weighted by Gasteiger charge is 2.36. The SMILES string of the molecule is CC1(C)c2ccccc2-c2c(-c3cc(-c4cc(-c5ccc6ccccc6c5)cc(-c5cccc6c5oc5ccccc56)c4)nc(-c4ccccc4)n3)cccc21. The number of fused-ring (bicyclic) bond motifs is 7. The van der Waals surface area contributed by atoms with Gasteiger partial charge in [0.2, 0.25) is 0 Å². The molecule has 0 saturated carbocycles. The number of nitrogens with zero attached hydrogens (tertiary/aromatic N) is 2. The van der Waals surface area contributed by atoms with E-state index in [1.807, 2.05) is 18.2 Å². The molecule has 0 radical (unpaired) electrons. The molecule has 56 heavy (non-hydrogen) atoms. The molecule has 264 valence electrons. The van der Waals surface area contributed by atoms with Crippen LogP contribution in [0.4, 0.5) is 0 Å². The lowest BCUT2D eigenvalue weighted by atomic mass is 9.82. The number of benzene rings is 8. The Kier molecular flexibility index (Phi) is 7.20. The maximum atomic E-state index is 6.60. The van der Waals surface area contributed by atoms with Gasteiger partial charge in [0.15, 0.2) is 5.82 Å². The maximum Gasteiger partial charge on any atom is 0.160 e. The molecule has 2 heterocycles. The van der Waals surface area contributed by atoms with Crippen molar-refractivity contribution in [3.63, 3.8) is 0 Å². The van der Waals surface area contributed by atoms with Crippen LogP contribution in [0.25, 0.3) is 100.0 Å². The molecule has 11 rings (SSSR count). The van der Waals surface area contributed by atoms with Crippen LogP contribution in [0.3, 0.4) is 0 Å². The van der Waals surface area contributed by atoms with E-state index in [0.29, 0.717) is 5.82 Å². The molecular weight excluding hydrogens is 681 g/mol. The fraction of sp³-hybridized carbons (Fsp3) is 0.0566. The van der Waals surface area contributed by atoms with Crippen LogP contribution < -0.4 is 0 Å². The molecule has 8 aromatic carbocycles. The highest BCUT2D eigenvalue weighted by Crippen LogP contribution is 2.52. The predicted molar refractivity (Wildman–Crippen MR) is 232 cm³/mol. The van der Waals surface area contributed by atoms with Crippen LogP contribution in [-0.4, -0.2) is 9.97 Å². The number of hydrogen-bond donors (Lipinski definition) is 0. The van der Waals surface area contributed by atoms with Crippen molar-refractivity contribution in [2.45, 2.75) is 19.3 Å². The fourth-order valence-corrected chi connectivity index (χ4v) is 8.86. The van der Waals surface area contributed by atoms with E-state index in [2.05, 4.69) is 178 Å². The Labute approximate surface area is 325 Å². The summed E-state index contributed by atoms with van der Waals surface area (Å²) in [6, 6.07) is 64.8. The van der Waals surface area contributed by atoms with E-state index in [1.165, 1.54) is 33.0 Å². The van der Waals surface area contributed by atoms with E-state index in [-0.39, 0.29) is 5.41 Å². The molecule has 2 aromatic heterocycles. The highest BCUT2D eigenvalue weighted by molar-refractivity contribution is 6.10. The highest BCUT2D eigenvalue weighted by atomic mass is 16.3. The third-order valence-corrected chi connectivity index (χ3v) is 11.7. The molecule has 0 fully saturated rings. The first-order valence-corrected chi connectivity index (χ1v) is 19.2. The van der Waals surface area contributed by atoms with Crippen molar-refractivity contribution < 1.29 is 4.42 Å². The van der Waals surface area contributed by atoms with E-state index in [0.717, 1.165) is 72.3 Å². The van der Waals surface area contributed by atoms with Gasteiger partial charge in [0, 0.05) is 38.4 Å². The third-order valence-electron chi connectivity index (χ3n) is 11.7. The number of furan rings is 1.